The van der Waals surface area contributed by atoms with E-state index in [0.717, 1.165) is 28.4 Å². The first-order valence-corrected chi connectivity index (χ1v) is 9.32. The summed E-state index contributed by atoms with van der Waals surface area (Å²) in [5, 5.41) is 14.3. The lowest BCUT2D eigenvalue weighted by Crippen LogP contribution is -2.11. The molecule has 0 unspecified atom stereocenters. The SMILES string of the molecule is Cc1ccc2[nH]ncc2c1NC(=O)c1cnc(Nc2cccc(CC=O)n2)s1. The van der Waals surface area contributed by atoms with Crippen LogP contribution in [0.25, 0.3) is 10.9 Å². The summed E-state index contributed by atoms with van der Waals surface area (Å²) in [7, 11) is 0. The number of aryl methyl sites for hydroxylation is 1. The van der Waals surface area contributed by atoms with Crippen molar-refractivity contribution in [1.29, 1.82) is 0 Å². The first-order chi connectivity index (χ1) is 13.6. The Morgan fingerprint density at radius 3 is 3.00 bits per heavy atom. The molecule has 0 bridgehead atoms. The van der Waals surface area contributed by atoms with Gasteiger partial charge in [0.2, 0.25) is 0 Å². The second kappa shape index (κ2) is 7.57. The quantitative estimate of drug-likeness (QED) is 0.433. The number of benzene rings is 1. The molecule has 0 saturated heterocycles. The number of hydrogen-bond donors (Lipinski definition) is 3. The molecule has 1 amide bonds. The van der Waals surface area contributed by atoms with E-state index in [1.54, 1.807) is 18.3 Å². The van der Waals surface area contributed by atoms with Gasteiger partial charge in [0.1, 0.15) is 17.0 Å². The van der Waals surface area contributed by atoms with E-state index < -0.39 is 0 Å². The smallest absolute Gasteiger partial charge is 0.267 e. The van der Waals surface area contributed by atoms with Crippen LogP contribution in [0.3, 0.4) is 0 Å². The molecule has 0 aliphatic heterocycles. The maximum absolute atomic E-state index is 12.7. The Labute approximate surface area is 164 Å². The molecule has 3 heterocycles. The predicted molar refractivity (Wildman–Crippen MR) is 108 cm³/mol. The number of pyridine rings is 1. The van der Waals surface area contributed by atoms with Crippen LogP contribution in [0.5, 0.6) is 0 Å². The van der Waals surface area contributed by atoms with Crippen molar-refractivity contribution in [2.75, 3.05) is 10.6 Å². The van der Waals surface area contributed by atoms with Crippen molar-refractivity contribution in [3.05, 3.63) is 58.9 Å². The first kappa shape index (κ1) is 17.8. The highest BCUT2D eigenvalue weighted by molar-refractivity contribution is 7.17. The molecular formula is C19H16N6O2S. The van der Waals surface area contributed by atoms with Gasteiger partial charge in [0.05, 0.1) is 23.6 Å². The Morgan fingerprint density at radius 1 is 1.25 bits per heavy atom. The van der Waals surface area contributed by atoms with Gasteiger partial charge >= 0.3 is 0 Å². The minimum absolute atomic E-state index is 0.245. The van der Waals surface area contributed by atoms with E-state index in [1.165, 1.54) is 17.5 Å². The molecule has 4 rings (SSSR count). The number of rotatable bonds is 6. The van der Waals surface area contributed by atoms with Gasteiger partial charge in [0.25, 0.3) is 5.91 Å². The number of aromatic nitrogens is 4. The normalized spacial score (nSPS) is 10.8. The number of nitrogens with one attached hydrogen (secondary N) is 3. The molecule has 28 heavy (non-hydrogen) atoms. The molecule has 0 aliphatic carbocycles. The van der Waals surface area contributed by atoms with Gasteiger partial charge in [0, 0.05) is 17.5 Å². The first-order valence-electron chi connectivity index (χ1n) is 8.50. The Balaban J connectivity index is 1.51. The highest BCUT2D eigenvalue weighted by atomic mass is 32.1. The maximum Gasteiger partial charge on any atom is 0.267 e. The van der Waals surface area contributed by atoms with E-state index in [9.17, 15) is 9.59 Å². The molecule has 0 fully saturated rings. The van der Waals surface area contributed by atoms with Crippen LogP contribution >= 0.6 is 11.3 Å². The lowest BCUT2D eigenvalue weighted by Gasteiger charge is -2.08. The number of aldehydes is 1. The molecule has 4 aromatic rings. The van der Waals surface area contributed by atoms with Crippen molar-refractivity contribution in [2.45, 2.75) is 13.3 Å². The average Bonchev–Trinajstić information content (AvgIpc) is 3.34. The van der Waals surface area contributed by atoms with E-state index in [-0.39, 0.29) is 12.3 Å². The Bertz CT molecular complexity index is 1170. The summed E-state index contributed by atoms with van der Waals surface area (Å²) >= 11 is 1.22. The third-order valence-electron chi connectivity index (χ3n) is 4.13. The van der Waals surface area contributed by atoms with Crippen LogP contribution in [0.4, 0.5) is 16.6 Å². The van der Waals surface area contributed by atoms with Crippen molar-refractivity contribution in [3.63, 3.8) is 0 Å². The zero-order chi connectivity index (χ0) is 19.5. The summed E-state index contributed by atoms with van der Waals surface area (Å²) in [5.41, 5.74) is 3.19. The van der Waals surface area contributed by atoms with E-state index in [1.807, 2.05) is 25.1 Å². The molecule has 140 valence electrons. The number of H-pyrrole nitrogens is 1. The topological polar surface area (TPSA) is 113 Å². The second-order valence-corrected chi connectivity index (χ2v) is 7.11. The van der Waals surface area contributed by atoms with Gasteiger partial charge in [-0.15, -0.1) is 0 Å². The number of hydrogen-bond acceptors (Lipinski definition) is 7. The van der Waals surface area contributed by atoms with Crippen molar-refractivity contribution in [1.82, 2.24) is 20.2 Å². The van der Waals surface area contributed by atoms with Gasteiger partial charge in [-0.1, -0.05) is 23.5 Å². The molecule has 0 aliphatic rings. The monoisotopic (exact) mass is 392 g/mol. The van der Waals surface area contributed by atoms with Crippen molar-refractivity contribution in [2.24, 2.45) is 0 Å². The van der Waals surface area contributed by atoms with E-state index >= 15 is 0 Å². The largest absolute Gasteiger partial charge is 0.320 e. The molecule has 0 atom stereocenters. The van der Waals surface area contributed by atoms with Crippen LogP contribution in [-0.2, 0) is 11.2 Å². The third kappa shape index (κ3) is 3.60. The minimum atomic E-state index is -0.245. The maximum atomic E-state index is 12.7. The summed E-state index contributed by atoms with van der Waals surface area (Å²) in [6, 6.07) is 9.21. The van der Waals surface area contributed by atoms with E-state index in [0.29, 0.717) is 21.5 Å². The molecule has 9 heteroatoms. The van der Waals surface area contributed by atoms with Crippen molar-refractivity contribution in [3.8, 4) is 0 Å². The minimum Gasteiger partial charge on any atom is -0.320 e. The number of carbonyl (C=O) groups excluding carboxylic acids is 2. The van der Waals surface area contributed by atoms with Gasteiger partial charge in [-0.05, 0) is 30.7 Å². The van der Waals surface area contributed by atoms with Crippen LogP contribution in [0, 0.1) is 6.92 Å². The number of thiazole rings is 1. The van der Waals surface area contributed by atoms with Crippen LogP contribution in [0.15, 0.2) is 42.7 Å². The fourth-order valence-electron chi connectivity index (χ4n) is 2.76. The Kier molecular flexibility index (Phi) is 4.81. The fraction of sp³-hybridized carbons (Fsp3) is 0.105. The summed E-state index contributed by atoms with van der Waals surface area (Å²) in [6.45, 7) is 1.93. The Hall–Kier alpha value is -3.59. The average molecular weight is 392 g/mol. The van der Waals surface area contributed by atoms with Gasteiger partial charge in [0.15, 0.2) is 5.13 Å². The number of fused-ring (bicyclic) bond motifs is 1. The van der Waals surface area contributed by atoms with Crippen LogP contribution in [0.1, 0.15) is 20.9 Å². The van der Waals surface area contributed by atoms with Gasteiger partial charge < -0.3 is 15.4 Å². The van der Waals surface area contributed by atoms with Gasteiger partial charge in [-0.2, -0.15) is 5.10 Å². The number of amides is 1. The fourth-order valence-corrected chi connectivity index (χ4v) is 3.48. The molecule has 0 spiro atoms. The Morgan fingerprint density at radius 2 is 2.14 bits per heavy atom. The summed E-state index contributed by atoms with van der Waals surface area (Å²) in [6.07, 6.45) is 4.26. The lowest BCUT2D eigenvalue weighted by molar-refractivity contribution is -0.107. The van der Waals surface area contributed by atoms with Crippen LogP contribution in [0.2, 0.25) is 0 Å². The number of anilines is 3. The van der Waals surface area contributed by atoms with Crippen molar-refractivity contribution >= 4 is 51.1 Å². The molecule has 0 saturated carbocycles. The predicted octanol–water partition coefficient (Wildman–Crippen LogP) is 3.46. The summed E-state index contributed by atoms with van der Waals surface area (Å²) in [4.78, 5) is 32.4. The van der Waals surface area contributed by atoms with Gasteiger partial charge in [-0.3, -0.25) is 9.89 Å². The van der Waals surface area contributed by atoms with E-state index in [2.05, 4.69) is 30.8 Å². The number of aromatic amines is 1. The highest BCUT2D eigenvalue weighted by Gasteiger charge is 2.15. The standard InChI is InChI=1S/C19H16N6O2S/c1-11-5-6-14-13(9-21-25-14)17(11)24-18(27)15-10-20-19(28-15)23-16-4-2-3-12(22-16)7-8-26/h2-6,8-10H,7H2,1H3,(H,21,25)(H,24,27)(H,20,22,23). The zero-order valence-corrected chi connectivity index (χ0v) is 15.7. The third-order valence-corrected chi connectivity index (χ3v) is 5.05. The number of carbonyl (C=O) groups is 2. The molecule has 3 N–H and O–H groups in total. The van der Waals surface area contributed by atoms with Crippen molar-refractivity contribution < 1.29 is 9.59 Å². The van der Waals surface area contributed by atoms with Crippen LogP contribution in [-0.4, -0.2) is 32.4 Å². The molecule has 0 radical (unpaired) electrons. The van der Waals surface area contributed by atoms with Crippen LogP contribution < -0.4 is 10.6 Å². The summed E-state index contributed by atoms with van der Waals surface area (Å²) < 4.78 is 0. The zero-order valence-electron chi connectivity index (χ0n) is 14.9. The number of nitrogens with zero attached hydrogens (tertiary/aromatic N) is 3. The molecular weight excluding hydrogens is 376 g/mol. The molecule has 3 aromatic heterocycles. The lowest BCUT2D eigenvalue weighted by atomic mass is 10.1. The summed E-state index contributed by atoms with van der Waals surface area (Å²) in [5.74, 6) is 0.324. The molecule has 1 aromatic carbocycles. The molecule has 8 nitrogen and oxygen atoms in total. The van der Waals surface area contributed by atoms with Gasteiger partial charge in [-0.25, -0.2) is 9.97 Å². The highest BCUT2D eigenvalue weighted by Crippen LogP contribution is 2.28. The second-order valence-electron chi connectivity index (χ2n) is 6.08. The van der Waals surface area contributed by atoms with E-state index in [4.69, 9.17) is 0 Å².